The molecule has 9 heteroatoms. The monoisotopic (exact) mass is 356 g/mol. The molecule has 0 aliphatic rings. The van der Waals surface area contributed by atoms with Crippen LogP contribution in [0.4, 0.5) is 15.8 Å². The number of nitrogen functional groups attached to an aromatic ring is 1. The molecule has 1 aromatic carbocycles. The van der Waals surface area contributed by atoms with Gasteiger partial charge in [0.1, 0.15) is 6.54 Å². The van der Waals surface area contributed by atoms with Crippen molar-refractivity contribution in [3.63, 3.8) is 0 Å². The number of amides is 1. The third-order valence-corrected chi connectivity index (χ3v) is 3.20. The van der Waals surface area contributed by atoms with Crippen molar-refractivity contribution in [3.8, 4) is 0 Å². The van der Waals surface area contributed by atoms with Crippen LogP contribution in [0, 0.1) is 5.82 Å². The lowest BCUT2D eigenvalue weighted by Gasteiger charge is -2.09. The topological polar surface area (TPSA) is 110 Å². The molecule has 110 valence electrons. The normalized spacial score (nSPS) is 10.4. The maximum Gasteiger partial charge on any atom is 0.328 e. The van der Waals surface area contributed by atoms with Gasteiger partial charge in [-0.25, -0.2) is 4.79 Å². The van der Waals surface area contributed by atoms with Crippen molar-refractivity contribution in [3.05, 3.63) is 55.5 Å². The van der Waals surface area contributed by atoms with Crippen molar-refractivity contribution >= 4 is 33.2 Å². The van der Waals surface area contributed by atoms with Gasteiger partial charge in [0, 0.05) is 10.2 Å². The predicted octanol–water partition coefficient (Wildman–Crippen LogP) is 0.659. The summed E-state index contributed by atoms with van der Waals surface area (Å²) >= 11 is 3.23. The molecular formula is C12H10BrFN4O3. The van der Waals surface area contributed by atoms with Crippen LogP contribution in [-0.4, -0.2) is 15.5 Å². The minimum atomic E-state index is -1.14. The SMILES string of the molecule is Nc1ccc(NC(=O)Cn2cc(F)c(=O)[nH]c2=O)c(Br)c1. The van der Waals surface area contributed by atoms with Crippen molar-refractivity contribution in [2.45, 2.75) is 6.54 Å². The molecule has 1 heterocycles. The van der Waals surface area contributed by atoms with Gasteiger partial charge in [-0.15, -0.1) is 0 Å². The molecule has 1 aromatic heterocycles. The first-order chi connectivity index (χ1) is 9.86. The second kappa shape index (κ2) is 5.92. The maximum absolute atomic E-state index is 13.1. The van der Waals surface area contributed by atoms with Crippen molar-refractivity contribution < 1.29 is 9.18 Å². The van der Waals surface area contributed by atoms with Crippen LogP contribution in [0.5, 0.6) is 0 Å². The van der Waals surface area contributed by atoms with Gasteiger partial charge < -0.3 is 11.1 Å². The van der Waals surface area contributed by atoms with Gasteiger partial charge in [0.2, 0.25) is 11.7 Å². The molecule has 0 radical (unpaired) electrons. The Kier molecular flexibility index (Phi) is 4.22. The standard InChI is InChI=1S/C12H10BrFN4O3/c13-7-3-6(15)1-2-9(7)16-10(19)5-18-4-8(14)11(20)17-12(18)21/h1-4H,5,15H2,(H,16,19)(H,17,20,21). The fourth-order valence-electron chi connectivity index (χ4n) is 1.58. The van der Waals surface area contributed by atoms with Crippen LogP contribution in [0.15, 0.2) is 38.5 Å². The molecule has 0 atom stereocenters. The van der Waals surface area contributed by atoms with Crippen LogP contribution in [-0.2, 0) is 11.3 Å². The van der Waals surface area contributed by atoms with E-state index in [0.717, 1.165) is 4.57 Å². The Balaban J connectivity index is 2.17. The summed E-state index contributed by atoms with van der Waals surface area (Å²) in [7, 11) is 0. The number of carbonyl (C=O) groups excluding carboxylic acids is 1. The number of aromatic amines is 1. The highest BCUT2D eigenvalue weighted by molar-refractivity contribution is 9.10. The van der Waals surface area contributed by atoms with Gasteiger partial charge >= 0.3 is 5.69 Å². The van der Waals surface area contributed by atoms with E-state index in [9.17, 15) is 18.8 Å². The number of rotatable bonds is 3. The quantitative estimate of drug-likeness (QED) is 0.701. The van der Waals surface area contributed by atoms with Gasteiger partial charge in [0.05, 0.1) is 11.9 Å². The van der Waals surface area contributed by atoms with E-state index in [1.54, 1.807) is 23.2 Å². The molecule has 0 spiro atoms. The summed E-state index contributed by atoms with van der Waals surface area (Å²) in [5.41, 5.74) is 4.54. The molecule has 0 aliphatic heterocycles. The Morgan fingerprint density at radius 3 is 2.81 bits per heavy atom. The first-order valence-corrected chi connectivity index (χ1v) is 6.50. The van der Waals surface area contributed by atoms with Crippen molar-refractivity contribution in [1.82, 2.24) is 9.55 Å². The Labute approximate surface area is 125 Å². The molecule has 7 nitrogen and oxygen atoms in total. The zero-order chi connectivity index (χ0) is 15.6. The summed E-state index contributed by atoms with van der Waals surface area (Å²) in [4.78, 5) is 35.9. The van der Waals surface area contributed by atoms with E-state index in [1.165, 1.54) is 0 Å². The van der Waals surface area contributed by atoms with Crippen LogP contribution in [0.1, 0.15) is 0 Å². The van der Waals surface area contributed by atoms with Gasteiger partial charge in [0.25, 0.3) is 5.56 Å². The zero-order valence-electron chi connectivity index (χ0n) is 10.5. The van der Waals surface area contributed by atoms with E-state index in [-0.39, 0.29) is 0 Å². The molecule has 1 amide bonds. The summed E-state index contributed by atoms with van der Waals surface area (Å²) in [6.45, 7) is -0.441. The fraction of sp³-hybridized carbons (Fsp3) is 0.0833. The molecule has 21 heavy (non-hydrogen) atoms. The van der Waals surface area contributed by atoms with Gasteiger partial charge in [-0.05, 0) is 34.1 Å². The summed E-state index contributed by atoms with van der Waals surface area (Å²) in [5, 5.41) is 2.53. The number of benzene rings is 1. The van der Waals surface area contributed by atoms with Crippen molar-refractivity contribution in [2.75, 3.05) is 11.1 Å². The average molecular weight is 357 g/mol. The minimum Gasteiger partial charge on any atom is -0.399 e. The van der Waals surface area contributed by atoms with E-state index >= 15 is 0 Å². The third kappa shape index (κ3) is 3.57. The van der Waals surface area contributed by atoms with Gasteiger partial charge in [-0.2, -0.15) is 4.39 Å². The third-order valence-electron chi connectivity index (χ3n) is 2.55. The van der Waals surface area contributed by atoms with E-state index in [0.29, 0.717) is 22.0 Å². The van der Waals surface area contributed by atoms with E-state index in [1.807, 2.05) is 0 Å². The maximum atomic E-state index is 13.1. The van der Waals surface area contributed by atoms with Crippen LogP contribution in [0.3, 0.4) is 0 Å². The van der Waals surface area contributed by atoms with E-state index < -0.39 is 29.5 Å². The lowest BCUT2D eigenvalue weighted by molar-refractivity contribution is -0.116. The lowest BCUT2D eigenvalue weighted by atomic mass is 10.3. The van der Waals surface area contributed by atoms with Gasteiger partial charge in [0.15, 0.2) is 0 Å². The summed E-state index contributed by atoms with van der Waals surface area (Å²) in [6, 6.07) is 4.77. The number of nitrogens with one attached hydrogen (secondary N) is 2. The summed E-state index contributed by atoms with van der Waals surface area (Å²) < 4.78 is 14.4. The average Bonchev–Trinajstić information content (AvgIpc) is 2.39. The second-order valence-corrected chi connectivity index (χ2v) is 5.01. The van der Waals surface area contributed by atoms with Crippen LogP contribution >= 0.6 is 15.9 Å². The number of nitrogens with two attached hydrogens (primary N) is 1. The Morgan fingerprint density at radius 2 is 2.14 bits per heavy atom. The highest BCUT2D eigenvalue weighted by atomic mass is 79.9. The number of H-pyrrole nitrogens is 1. The second-order valence-electron chi connectivity index (χ2n) is 4.15. The number of carbonyl (C=O) groups is 1. The van der Waals surface area contributed by atoms with Gasteiger partial charge in [-0.3, -0.25) is 19.1 Å². The molecule has 2 aromatic rings. The van der Waals surface area contributed by atoms with E-state index in [4.69, 9.17) is 5.73 Å². The van der Waals surface area contributed by atoms with Crippen LogP contribution < -0.4 is 22.3 Å². The first kappa shape index (κ1) is 15.0. The van der Waals surface area contributed by atoms with Crippen LogP contribution in [0.2, 0.25) is 0 Å². The van der Waals surface area contributed by atoms with Gasteiger partial charge in [-0.1, -0.05) is 0 Å². The predicted molar refractivity (Wildman–Crippen MR) is 78.5 cm³/mol. The molecule has 0 unspecified atom stereocenters. The molecule has 0 saturated carbocycles. The Bertz CT molecular complexity index is 815. The van der Waals surface area contributed by atoms with Crippen LogP contribution in [0.25, 0.3) is 0 Å². The highest BCUT2D eigenvalue weighted by Crippen LogP contribution is 2.24. The molecule has 2 rings (SSSR count). The molecule has 0 saturated heterocycles. The number of hydrogen-bond donors (Lipinski definition) is 3. The zero-order valence-corrected chi connectivity index (χ0v) is 12.1. The smallest absolute Gasteiger partial charge is 0.328 e. The molecule has 0 fully saturated rings. The number of halogens is 2. The molecule has 4 N–H and O–H groups in total. The first-order valence-electron chi connectivity index (χ1n) is 5.71. The molecular weight excluding hydrogens is 347 g/mol. The highest BCUT2D eigenvalue weighted by Gasteiger charge is 2.10. The number of anilines is 2. The van der Waals surface area contributed by atoms with E-state index in [2.05, 4.69) is 21.2 Å². The number of aromatic nitrogens is 2. The summed E-state index contributed by atoms with van der Waals surface area (Å²) in [6.07, 6.45) is 0.679. The van der Waals surface area contributed by atoms with Crippen molar-refractivity contribution in [2.24, 2.45) is 0 Å². The van der Waals surface area contributed by atoms with Crippen molar-refractivity contribution in [1.29, 1.82) is 0 Å². The number of nitrogens with zero attached hydrogens (tertiary/aromatic N) is 1. The Hall–Kier alpha value is -2.42. The molecule has 0 bridgehead atoms. The Morgan fingerprint density at radius 1 is 1.43 bits per heavy atom. The summed E-state index contributed by atoms with van der Waals surface area (Å²) in [5.74, 6) is -1.70. The largest absolute Gasteiger partial charge is 0.399 e. The molecule has 0 aliphatic carbocycles. The number of hydrogen-bond acceptors (Lipinski definition) is 4. The fourth-order valence-corrected chi connectivity index (χ4v) is 2.07. The lowest BCUT2D eigenvalue weighted by Crippen LogP contribution is -2.34. The minimum absolute atomic E-state index is 0.441.